The van der Waals surface area contributed by atoms with Crippen molar-refractivity contribution in [3.05, 3.63) is 0 Å². The Kier molecular flexibility index (Phi) is 9.30. The fourth-order valence-corrected chi connectivity index (χ4v) is 1.41. The minimum Gasteiger partial charge on any atom is -0.458 e. The van der Waals surface area contributed by atoms with Crippen LogP contribution >= 0.6 is 0 Å². The number of hydrogen-bond donors (Lipinski definition) is 0. The first-order valence-electron chi connectivity index (χ1n) is 6.23. The van der Waals surface area contributed by atoms with Gasteiger partial charge in [-0.3, -0.25) is 14.4 Å². The molecule has 0 heterocycles. The van der Waals surface area contributed by atoms with Crippen molar-refractivity contribution in [1.29, 1.82) is 0 Å². The number of ketones is 2. The summed E-state index contributed by atoms with van der Waals surface area (Å²) < 4.78 is 4.55. The Labute approximate surface area is 103 Å². The van der Waals surface area contributed by atoms with E-state index in [0.29, 0.717) is 6.42 Å². The third-order valence-corrected chi connectivity index (χ3v) is 2.43. The molecule has 0 rings (SSSR count). The molecule has 0 aromatic carbocycles. The molecule has 0 aliphatic rings. The predicted molar refractivity (Wildman–Crippen MR) is 64.6 cm³/mol. The van der Waals surface area contributed by atoms with Crippen molar-refractivity contribution in [2.75, 3.05) is 6.61 Å². The summed E-state index contributed by atoms with van der Waals surface area (Å²) in [6.45, 7) is 3.17. The van der Waals surface area contributed by atoms with E-state index in [9.17, 15) is 14.4 Å². The SMILES string of the molecule is CCCCCCC(=O)CCC(=O)COC(C)=O. The van der Waals surface area contributed by atoms with Crippen LogP contribution in [0.25, 0.3) is 0 Å². The van der Waals surface area contributed by atoms with Gasteiger partial charge < -0.3 is 4.74 Å². The molecular formula is C13H22O4. The zero-order chi connectivity index (χ0) is 13.1. The van der Waals surface area contributed by atoms with Crippen molar-refractivity contribution in [3.8, 4) is 0 Å². The Morgan fingerprint density at radius 3 is 2.12 bits per heavy atom. The molecule has 0 saturated carbocycles. The second-order valence-corrected chi connectivity index (χ2v) is 4.17. The number of esters is 1. The van der Waals surface area contributed by atoms with E-state index >= 15 is 0 Å². The molecule has 0 amide bonds. The maximum Gasteiger partial charge on any atom is 0.303 e. The third-order valence-electron chi connectivity index (χ3n) is 2.43. The van der Waals surface area contributed by atoms with Gasteiger partial charge in [0.25, 0.3) is 0 Å². The molecule has 0 saturated heterocycles. The molecule has 98 valence electrons. The summed E-state index contributed by atoms with van der Waals surface area (Å²) in [6, 6.07) is 0. The molecular weight excluding hydrogens is 220 g/mol. The number of rotatable bonds is 10. The van der Waals surface area contributed by atoms with Crippen LogP contribution in [0.15, 0.2) is 0 Å². The standard InChI is InChI=1S/C13H22O4/c1-3-4-5-6-7-12(15)8-9-13(16)10-17-11(2)14/h3-10H2,1-2H3. The van der Waals surface area contributed by atoms with E-state index in [1.165, 1.54) is 6.92 Å². The Morgan fingerprint density at radius 1 is 0.882 bits per heavy atom. The molecule has 0 aliphatic carbocycles. The fourth-order valence-electron chi connectivity index (χ4n) is 1.41. The van der Waals surface area contributed by atoms with Crippen LogP contribution in [0.3, 0.4) is 0 Å². The first-order valence-corrected chi connectivity index (χ1v) is 6.23. The summed E-state index contributed by atoms with van der Waals surface area (Å²) in [5.74, 6) is -0.538. The minimum absolute atomic E-state index is 0.122. The number of carbonyl (C=O) groups excluding carboxylic acids is 3. The fraction of sp³-hybridized carbons (Fsp3) is 0.769. The van der Waals surface area contributed by atoms with Gasteiger partial charge in [0.2, 0.25) is 0 Å². The van der Waals surface area contributed by atoms with Gasteiger partial charge in [-0.15, -0.1) is 0 Å². The second-order valence-electron chi connectivity index (χ2n) is 4.17. The third kappa shape index (κ3) is 11.1. The first kappa shape index (κ1) is 15.8. The number of unbranched alkanes of at least 4 members (excludes halogenated alkanes) is 3. The van der Waals surface area contributed by atoms with E-state index in [-0.39, 0.29) is 31.0 Å². The molecule has 0 bridgehead atoms. The van der Waals surface area contributed by atoms with Gasteiger partial charge in [-0.25, -0.2) is 0 Å². The van der Waals surface area contributed by atoms with Crippen molar-refractivity contribution in [3.63, 3.8) is 0 Å². The van der Waals surface area contributed by atoms with Crippen molar-refractivity contribution in [1.82, 2.24) is 0 Å². The highest BCUT2D eigenvalue weighted by atomic mass is 16.5. The van der Waals surface area contributed by atoms with Crippen molar-refractivity contribution < 1.29 is 19.1 Å². The van der Waals surface area contributed by atoms with Gasteiger partial charge in [0.1, 0.15) is 12.4 Å². The zero-order valence-corrected chi connectivity index (χ0v) is 10.8. The largest absolute Gasteiger partial charge is 0.458 e. The van der Waals surface area contributed by atoms with Gasteiger partial charge in [-0.05, 0) is 6.42 Å². The average Bonchev–Trinajstić information content (AvgIpc) is 2.29. The van der Waals surface area contributed by atoms with Gasteiger partial charge in [-0.2, -0.15) is 0 Å². The maximum atomic E-state index is 11.4. The lowest BCUT2D eigenvalue weighted by molar-refractivity contribution is -0.145. The average molecular weight is 242 g/mol. The van der Waals surface area contributed by atoms with Crippen molar-refractivity contribution in [2.45, 2.75) is 58.8 Å². The van der Waals surface area contributed by atoms with Gasteiger partial charge in [0.05, 0.1) is 0 Å². The summed E-state index contributed by atoms with van der Waals surface area (Å²) in [6.07, 6.45) is 5.29. The minimum atomic E-state index is -0.468. The Bertz CT molecular complexity index is 258. The highest BCUT2D eigenvalue weighted by Crippen LogP contribution is 2.06. The molecule has 0 spiro atoms. The lowest BCUT2D eigenvalue weighted by Crippen LogP contribution is -2.13. The Balaban J connectivity index is 3.49. The molecule has 0 aromatic rings. The summed E-state index contributed by atoms with van der Waals surface area (Å²) in [5.41, 5.74) is 0. The van der Waals surface area contributed by atoms with Gasteiger partial charge >= 0.3 is 5.97 Å². The van der Waals surface area contributed by atoms with Crippen LogP contribution in [0.4, 0.5) is 0 Å². The number of hydrogen-bond acceptors (Lipinski definition) is 4. The van der Waals surface area contributed by atoms with Crippen molar-refractivity contribution >= 4 is 17.5 Å². The quantitative estimate of drug-likeness (QED) is 0.436. The van der Waals surface area contributed by atoms with E-state index in [4.69, 9.17) is 0 Å². The maximum absolute atomic E-state index is 11.4. The monoisotopic (exact) mass is 242 g/mol. The molecule has 4 heteroatoms. The highest BCUT2D eigenvalue weighted by molar-refractivity contribution is 5.87. The lowest BCUT2D eigenvalue weighted by Gasteiger charge is -2.02. The van der Waals surface area contributed by atoms with Crippen molar-refractivity contribution in [2.24, 2.45) is 0 Å². The topological polar surface area (TPSA) is 60.4 Å². The molecule has 0 fully saturated rings. The highest BCUT2D eigenvalue weighted by Gasteiger charge is 2.08. The predicted octanol–water partition coefficient (Wildman–Crippen LogP) is 2.44. The van der Waals surface area contributed by atoms with Crippen LogP contribution in [0.5, 0.6) is 0 Å². The van der Waals surface area contributed by atoms with Crippen LogP contribution < -0.4 is 0 Å². The summed E-state index contributed by atoms with van der Waals surface area (Å²) in [7, 11) is 0. The molecule has 0 unspecified atom stereocenters. The van der Waals surface area contributed by atoms with Crippen LogP contribution in [0.2, 0.25) is 0 Å². The van der Waals surface area contributed by atoms with E-state index in [2.05, 4.69) is 11.7 Å². The summed E-state index contributed by atoms with van der Waals surface area (Å²) in [4.78, 5) is 33.0. The zero-order valence-electron chi connectivity index (χ0n) is 10.8. The van der Waals surface area contributed by atoms with E-state index in [0.717, 1.165) is 25.7 Å². The molecule has 0 N–H and O–H groups in total. The van der Waals surface area contributed by atoms with E-state index in [1.54, 1.807) is 0 Å². The number of ether oxygens (including phenoxy) is 1. The van der Waals surface area contributed by atoms with Gasteiger partial charge in [-0.1, -0.05) is 26.2 Å². The summed E-state index contributed by atoms with van der Waals surface area (Å²) in [5, 5.41) is 0. The molecule has 0 aliphatic heterocycles. The molecule has 4 nitrogen and oxygen atoms in total. The molecule has 0 aromatic heterocycles. The smallest absolute Gasteiger partial charge is 0.303 e. The van der Waals surface area contributed by atoms with Gasteiger partial charge in [0, 0.05) is 26.2 Å². The van der Waals surface area contributed by atoms with Crippen LogP contribution in [0.1, 0.15) is 58.8 Å². The van der Waals surface area contributed by atoms with Gasteiger partial charge in [0.15, 0.2) is 5.78 Å². The molecule has 17 heavy (non-hydrogen) atoms. The van der Waals surface area contributed by atoms with Crippen LogP contribution in [-0.2, 0) is 19.1 Å². The lowest BCUT2D eigenvalue weighted by atomic mass is 10.1. The van der Waals surface area contributed by atoms with E-state index < -0.39 is 5.97 Å². The normalized spacial score (nSPS) is 10.0. The molecule has 0 atom stereocenters. The van der Waals surface area contributed by atoms with E-state index in [1.807, 2.05) is 0 Å². The van der Waals surface area contributed by atoms with Crippen LogP contribution in [-0.4, -0.2) is 24.1 Å². The second kappa shape index (κ2) is 10.00. The Hall–Kier alpha value is -1.19. The summed E-state index contributed by atoms with van der Waals surface area (Å²) >= 11 is 0. The Morgan fingerprint density at radius 2 is 1.53 bits per heavy atom. The number of Topliss-reactive ketones (excluding diaryl/α,β-unsaturated/α-hetero) is 2. The number of carbonyl (C=O) groups is 3. The van der Waals surface area contributed by atoms with Crippen LogP contribution in [0, 0.1) is 0 Å². The molecule has 0 radical (unpaired) electrons. The first-order chi connectivity index (χ1) is 8.06.